The van der Waals surface area contributed by atoms with Gasteiger partial charge in [-0.2, -0.15) is 0 Å². The quantitative estimate of drug-likeness (QED) is 0.382. The van der Waals surface area contributed by atoms with Crippen LogP contribution in [0.2, 0.25) is 0 Å². The van der Waals surface area contributed by atoms with E-state index in [0.29, 0.717) is 24.1 Å². The number of quaternary nitrogens is 1. The number of aliphatic hydroxyl groups is 1. The Kier molecular flexibility index (Phi) is 6.96. The number of carbonyl (C=O) groups excluding carboxylic acids is 1. The van der Waals surface area contributed by atoms with Crippen LogP contribution in [0.1, 0.15) is 30.5 Å². The summed E-state index contributed by atoms with van der Waals surface area (Å²) in [6, 6.07) is 30.6. The van der Waals surface area contributed by atoms with E-state index in [-0.39, 0.29) is 12.0 Å². The van der Waals surface area contributed by atoms with Crippen molar-refractivity contribution < 1.29 is 19.1 Å². The molecule has 4 heteroatoms. The predicted octanol–water partition coefficient (Wildman–Crippen LogP) is 4.76. The fourth-order valence-corrected chi connectivity index (χ4v) is 5.43. The van der Waals surface area contributed by atoms with Gasteiger partial charge in [-0.25, -0.2) is 0 Å². The van der Waals surface area contributed by atoms with Crippen molar-refractivity contribution in [3.05, 3.63) is 108 Å². The number of ether oxygens (including phenoxy) is 1. The van der Waals surface area contributed by atoms with Gasteiger partial charge in [0.15, 0.2) is 5.60 Å². The molecule has 33 heavy (non-hydrogen) atoms. The summed E-state index contributed by atoms with van der Waals surface area (Å²) in [6.07, 6.45) is 0.469. The van der Waals surface area contributed by atoms with Gasteiger partial charge in [-0.1, -0.05) is 91.0 Å². The summed E-state index contributed by atoms with van der Waals surface area (Å²) in [5, 5.41) is 12.0. The molecule has 0 radical (unpaired) electrons. The molecular formula is C29H34NO3+. The molecule has 3 atom stereocenters. The minimum absolute atomic E-state index is 0.129. The average molecular weight is 445 g/mol. The number of esters is 1. The van der Waals surface area contributed by atoms with E-state index >= 15 is 0 Å². The van der Waals surface area contributed by atoms with Crippen molar-refractivity contribution >= 4 is 5.97 Å². The van der Waals surface area contributed by atoms with E-state index in [1.165, 1.54) is 11.1 Å². The Hall–Kier alpha value is -2.95. The topological polar surface area (TPSA) is 46.5 Å². The molecular weight excluding hydrogens is 410 g/mol. The number of benzene rings is 3. The lowest BCUT2D eigenvalue weighted by atomic mass is 9.69. The van der Waals surface area contributed by atoms with Crippen LogP contribution in [-0.2, 0) is 29.0 Å². The lowest BCUT2D eigenvalue weighted by Gasteiger charge is -2.62. The maximum Gasteiger partial charge on any atom is 0.312 e. The summed E-state index contributed by atoms with van der Waals surface area (Å²) in [4.78, 5) is 13.1. The molecule has 0 saturated carbocycles. The highest BCUT2D eigenvalue weighted by atomic mass is 16.5. The van der Waals surface area contributed by atoms with Crippen LogP contribution in [0.5, 0.6) is 0 Å². The molecule has 1 N–H and O–H groups in total. The Balaban J connectivity index is 1.65. The van der Waals surface area contributed by atoms with E-state index in [1.54, 1.807) is 0 Å². The van der Waals surface area contributed by atoms with Crippen LogP contribution in [0.4, 0.5) is 0 Å². The van der Waals surface area contributed by atoms with Crippen molar-refractivity contribution in [3.8, 4) is 0 Å². The zero-order chi connectivity index (χ0) is 23.3. The number of nitrogens with zero attached hydrogens (tertiary/aromatic N) is 1. The van der Waals surface area contributed by atoms with Gasteiger partial charge in [-0.3, -0.25) is 4.79 Å². The van der Waals surface area contributed by atoms with Crippen LogP contribution in [0.3, 0.4) is 0 Å². The SMILES string of the molecule is CCOC(=O)[C@@H](Cc1ccccc1)[C@]1(O)C[N+](Cc2ccccc2)(Cc2ccccc2)[C@H]1C. The molecule has 4 nitrogen and oxygen atoms in total. The van der Waals surface area contributed by atoms with Gasteiger partial charge in [0.05, 0.1) is 6.61 Å². The summed E-state index contributed by atoms with van der Waals surface area (Å²) in [6.45, 7) is 6.33. The van der Waals surface area contributed by atoms with Gasteiger partial charge in [0.25, 0.3) is 0 Å². The first-order valence-electron chi connectivity index (χ1n) is 11.8. The molecule has 1 aliphatic heterocycles. The molecule has 0 aliphatic carbocycles. The molecule has 0 aromatic heterocycles. The summed E-state index contributed by atoms with van der Waals surface area (Å²) in [5.41, 5.74) is 2.37. The van der Waals surface area contributed by atoms with Gasteiger partial charge in [0, 0.05) is 11.1 Å². The molecule has 0 amide bonds. The minimum Gasteiger partial charge on any atom is -0.466 e. The van der Waals surface area contributed by atoms with Crippen LogP contribution >= 0.6 is 0 Å². The second-order valence-corrected chi connectivity index (χ2v) is 9.33. The van der Waals surface area contributed by atoms with Crippen LogP contribution in [-0.4, -0.2) is 40.4 Å². The van der Waals surface area contributed by atoms with Gasteiger partial charge < -0.3 is 14.3 Å². The van der Waals surface area contributed by atoms with E-state index in [2.05, 4.69) is 55.5 Å². The fourth-order valence-electron chi connectivity index (χ4n) is 5.43. The molecule has 0 bridgehead atoms. The molecule has 3 aromatic carbocycles. The second kappa shape index (κ2) is 9.90. The number of hydrogen-bond donors (Lipinski definition) is 1. The van der Waals surface area contributed by atoms with Crippen LogP contribution in [0, 0.1) is 5.92 Å². The monoisotopic (exact) mass is 444 g/mol. The molecule has 0 unspecified atom stereocenters. The third-order valence-electron chi connectivity index (χ3n) is 7.25. The van der Waals surface area contributed by atoms with E-state index < -0.39 is 11.5 Å². The van der Waals surface area contributed by atoms with Crippen LogP contribution < -0.4 is 0 Å². The smallest absolute Gasteiger partial charge is 0.312 e. The highest BCUT2D eigenvalue weighted by molar-refractivity contribution is 5.74. The number of hydrogen-bond acceptors (Lipinski definition) is 3. The van der Waals surface area contributed by atoms with Crippen molar-refractivity contribution in [2.45, 2.75) is 45.0 Å². The number of likely N-dealkylation sites (tertiary alicyclic amines) is 1. The van der Waals surface area contributed by atoms with Crippen molar-refractivity contribution in [1.29, 1.82) is 0 Å². The molecule has 1 fully saturated rings. The number of carbonyl (C=O) groups is 1. The largest absolute Gasteiger partial charge is 0.466 e. The Bertz CT molecular complexity index is 997. The van der Waals surface area contributed by atoms with Gasteiger partial charge in [-0.05, 0) is 25.8 Å². The summed E-state index contributed by atoms with van der Waals surface area (Å²) in [7, 11) is 0. The first-order valence-corrected chi connectivity index (χ1v) is 11.8. The normalized spacial score (nSPS) is 22.2. The first-order chi connectivity index (χ1) is 16.0. The first kappa shape index (κ1) is 23.2. The Morgan fingerprint density at radius 2 is 1.36 bits per heavy atom. The predicted molar refractivity (Wildman–Crippen MR) is 130 cm³/mol. The van der Waals surface area contributed by atoms with E-state index in [1.807, 2.05) is 49.4 Å². The molecule has 0 spiro atoms. The van der Waals surface area contributed by atoms with Crippen molar-refractivity contribution in [3.63, 3.8) is 0 Å². The van der Waals surface area contributed by atoms with Gasteiger partial charge in [0.1, 0.15) is 31.6 Å². The third kappa shape index (κ3) is 4.87. The van der Waals surface area contributed by atoms with E-state index in [9.17, 15) is 9.90 Å². The molecule has 172 valence electrons. The van der Waals surface area contributed by atoms with Gasteiger partial charge in [-0.15, -0.1) is 0 Å². The Morgan fingerprint density at radius 3 is 1.79 bits per heavy atom. The summed E-state index contributed by atoms with van der Waals surface area (Å²) >= 11 is 0. The van der Waals surface area contributed by atoms with Crippen LogP contribution in [0.25, 0.3) is 0 Å². The third-order valence-corrected chi connectivity index (χ3v) is 7.25. The van der Waals surface area contributed by atoms with E-state index in [4.69, 9.17) is 4.74 Å². The zero-order valence-corrected chi connectivity index (χ0v) is 19.6. The van der Waals surface area contributed by atoms with Crippen LogP contribution in [0.15, 0.2) is 91.0 Å². The standard InChI is InChI=1S/C29H34NO3/c1-3-33-28(31)27(19-24-13-7-4-8-14-24)29(32)22-30(23(29)2,20-25-15-9-5-10-16-25)21-26-17-11-6-12-18-26/h4-18,23,27,32H,3,19-22H2,1-2H3/q+1/t23-,27+,29-/m0/s1. The maximum absolute atomic E-state index is 13.1. The molecule has 1 aliphatic rings. The van der Waals surface area contributed by atoms with E-state index in [0.717, 1.165) is 18.7 Å². The maximum atomic E-state index is 13.1. The zero-order valence-electron chi connectivity index (χ0n) is 19.6. The van der Waals surface area contributed by atoms with Crippen molar-refractivity contribution in [2.24, 2.45) is 5.92 Å². The van der Waals surface area contributed by atoms with Gasteiger partial charge in [0.2, 0.25) is 0 Å². The molecule has 3 aromatic rings. The highest BCUT2D eigenvalue weighted by Crippen LogP contribution is 2.46. The molecule has 1 heterocycles. The average Bonchev–Trinajstić information content (AvgIpc) is 2.84. The minimum atomic E-state index is -1.13. The number of rotatable bonds is 9. The lowest BCUT2D eigenvalue weighted by Crippen LogP contribution is -2.81. The lowest BCUT2D eigenvalue weighted by molar-refractivity contribution is -1.03. The van der Waals surface area contributed by atoms with Gasteiger partial charge >= 0.3 is 5.97 Å². The Labute approximate surface area is 197 Å². The summed E-state index contributed by atoms with van der Waals surface area (Å²) < 4.78 is 6.15. The molecule has 1 saturated heterocycles. The molecule has 4 rings (SSSR count). The second-order valence-electron chi connectivity index (χ2n) is 9.33. The summed E-state index contributed by atoms with van der Waals surface area (Å²) in [5.74, 6) is -0.916. The fraction of sp³-hybridized carbons (Fsp3) is 0.345. The highest BCUT2D eigenvalue weighted by Gasteiger charge is 2.67. The Morgan fingerprint density at radius 1 is 0.909 bits per heavy atom. The van der Waals surface area contributed by atoms with Crippen molar-refractivity contribution in [1.82, 2.24) is 0 Å². The van der Waals surface area contributed by atoms with Crippen molar-refractivity contribution in [2.75, 3.05) is 13.2 Å².